The summed E-state index contributed by atoms with van der Waals surface area (Å²) in [5.41, 5.74) is -2.76. The van der Waals surface area contributed by atoms with Crippen LogP contribution in [-0.2, 0) is 0 Å². The Morgan fingerprint density at radius 2 is 0.800 bits per heavy atom. The van der Waals surface area contributed by atoms with Crippen molar-refractivity contribution in [3.8, 4) is 80.1 Å². The minimum atomic E-state index is -1.04. The lowest BCUT2D eigenvalue weighted by atomic mass is 10.1. The number of fused-ring (bicyclic) bond motifs is 2. The molecule has 256 valence electrons. The highest BCUT2D eigenvalue weighted by Crippen LogP contribution is 2.47. The maximum absolute atomic E-state index is 13.3. The summed E-state index contributed by atoms with van der Waals surface area (Å²) in [4.78, 5) is 29.7. The van der Waals surface area contributed by atoms with Crippen LogP contribution in [-0.4, -0.2) is 77.2 Å². The number of piperazine rings is 1. The first-order valence-electron chi connectivity index (χ1n) is 14.8. The summed E-state index contributed by atoms with van der Waals surface area (Å²) in [5.74, 6) is -7.04. The second-order valence-electron chi connectivity index (χ2n) is 11.5. The minimum Gasteiger partial charge on any atom is -0.507 e. The molecule has 1 saturated heterocycles. The van der Waals surface area contributed by atoms with Gasteiger partial charge in [-0.15, -0.1) is 0 Å². The molecule has 0 saturated carbocycles. The van der Waals surface area contributed by atoms with Crippen molar-refractivity contribution < 1.29 is 59.9 Å². The van der Waals surface area contributed by atoms with Crippen molar-refractivity contribution in [3.63, 3.8) is 0 Å². The number of rotatable bonds is 4. The van der Waals surface area contributed by atoms with Crippen LogP contribution >= 0.6 is 0 Å². The van der Waals surface area contributed by atoms with E-state index in [1.54, 1.807) is 9.80 Å². The Kier molecular flexibility index (Phi) is 7.09. The number of phenolic OH excluding ortho intramolecular Hbond substituents is 8. The van der Waals surface area contributed by atoms with Gasteiger partial charge in [-0.2, -0.15) is 0 Å². The molecule has 0 atom stereocenters. The van der Waals surface area contributed by atoms with Crippen molar-refractivity contribution in [2.75, 3.05) is 36.0 Å². The number of anilines is 2. The highest BCUT2D eigenvalue weighted by atomic mass is 16.4. The van der Waals surface area contributed by atoms with Crippen LogP contribution in [0.5, 0.6) is 57.5 Å². The van der Waals surface area contributed by atoms with Crippen molar-refractivity contribution >= 4 is 33.3 Å². The fourth-order valence-corrected chi connectivity index (χ4v) is 6.11. The van der Waals surface area contributed by atoms with Crippen LogP contribution in [0, 0.1) is 0 Å². The van der Waals surface area contributed by atoms with Gasteiger partial charge in [0.25, 0.3) is 0 Å². The van der Waals surface area contributed by atoms with Gasteiger partial charge in [-0.1, -0.05) is 0 Å². The average Bonchev–Trinajstić information content (AvgIpc) is 3.07. The Morgan fingerprint density at radius 3 is 1.14 bits per heavy atom. The Balaban J connectivity index is 1.31. The van der Waals surface area contributed by atoms with Crippen LogP contribution in [0.4, 0.5) is 11.4 Å². The molecule has 4 aromatic carbocycles. The van der Waals surface area contributed by atoms with E-state index >= 15 is 0 Å². The molecular formula is C34H26N2O14. The summed E-state index contributed by atoms with van der Waals surface area (Å²) >= 11 is 0. The Labute approximate surface area is 278 Å². The zero-order valence-corrected chi connectivity index (χ0v) is 25.4. The number of aromatic hydroxyl groups is 10. The van der Waals surface area contributed by atoms with Gasteiger partial charge in [-0.3, -0.25) is 9.59 Å². The summed E-state index contributed by atoms with van der Waals surface area (Å²) in [7, 11) is 0. The first-order chi connectivity index (χ1) is 23.8. The van der Waals surface area contributed by atoms with Gasteiger partial charge in [0.05, 0.1) is 0 Å². The van der Waals surface area contributed by atoms with E-state index in [1.807, 2.05) is 0 Å². The quantitative estimate of drug-likeness (QED) is 0.119. The summed E-state index contributed by atoms with van der Waals surface area (Å²) in [6.07, 6.45) is 0. The van der Waals surface area contributed by atoms with E-state index in [9.17, 15) is 60.7 Å². The maximum Gasteiger partial charge on any atom is 0.238 e. The van der Waals surface area contributed by atoms with E-state index in [2.05, 4.69) is 0 Å². The second kappa shape index (κ2) is 11.3. The molecule has 50 heavy (non-hydrogen) atoms. The fourth-order valence-electron chi connectivity index (χ4n) is 6.11. The molecule has 1 fully saturated rings. The summed E-state index contributed by atoms with van der Waals surface area (Å²) in [5, 5.41) is 103. The molecule has 2 aromatic heterocycles. The Bertz CT molecular complexity index is 2340. The molecule has 0 bridgehead atoms. The number of nitrogens with zero attached hydrogens (tertiary/aromatic N) is 2. The summed E-state index contributed by atoms with van der Waals surface area (Å²) in [6.45, 7) is 0.207. The standard InChI is InChI=1S/C34H26N2O14/c37-15-3-1-13(9-17(15)39)31-29(47)27(45)23-19(41)11-21(43)25(33(23)49-31)35-5-7-36(8-6-35)26-22(44)12-20(42)24-28(46)30(48)32(50-34(24)26)14-2-4-16(38)18(40)10-14/h1-4,9-12,37-44,47-48H,5-8H2. The highest BCUT2D eigenvalue weighted by molar-refractivity contribution is 6.00. The van der Waals surface area contributed by atoms with Gasteiger partial charge in [0.1, 0.15) is 45.1 Å². The fraction of sp³-hybridized carbons (Fsp3) is 0.118. The minimum absolute atomic E-state index is 0.000463. The van der Waals surface area contributed by atoms with Gasteiger partial charge in [0, 0.05) is 49.4 Å². The molecule has 0 spiro atoms. The van der Waals surface area contributed by atoms with Crippen molar-refractivity contribution in [2.45, 2.75) is 0 Å². The monoisotopic (exact) mass is 686 g/mol. The van der Waals surface area contributed by atoms with E-state index in [-0.39, 0.29) is 59.8 Å². The lowest BCUT2D eigenvalue weighted by Gasteiger charge is -2.38. The van der Waals surface area contributed by atoms with E-state index in [0.29, 0.717) is 0 Å². The van der Waals surface area contributed by atoms with E-state index in [0.717, 1.165) is 36.4 Å². The van der Waals surface area contributed by atoms with Crippen LogP contribution < -0.4 is 20.7 Å². The number of hydrogen-bond donors (Lipinski definition) is 10. The third-order valence-corrected chi connectivity index (χ3v) is 8.54. The summed E-state index contributed by atoms with van der Waals surface area (Å²) < 4.78 is 11.8. The topological polar surface area (TPSA) is 269 Å². The number of benzene rings is 4. The Hall–Kier alpha value is -7.10. The smallest absolute Gasteiger partial charge is 0.238 e. The SMILES string of the molecule is O=c1c(O)c(-c2ccc(O)c(O)c2)oc2c(N3CCN(c4c(O)cc(O)c5c(=O)c(O)c(-c6ccc(O)c(O)c6)oc45)CC3)c(O)cc(O)c12. The molecule has 7 rings (SSSR count). The van der Waals surface area contributed by atoms with Crippen LogP contribution in [0.2, 0.25) is 0 Å². The molecular weight excluding hydrogens is 660 g/mol. The zero-order valence-electron chi connectivity index (χ0n) is 25.4. The van der Waals surface area contributed by atoms with Gasteiger partial charge in [-0.05, 0) is 36.4 Å². The van der Waals surface area contributed by atoms with Gasteiger partial charge < -0.3 is 69.7 Å². The highest BCUT2D eigenvalue weighted by Gasteiger charge is 2.31. The summed E-state index contributed by atoms with van der Waals surface area (Å²) in [6, 6.07) is 8.66. The maximum atomic E-state index is 13.3. The van der Waals surface area contributed by atoms with E-state index < -0.39 is 90.6 Å². The molecule has 0 aliphatic carbocycles. The van der Waals surface area contributed by atoms with Gasteiger partial charge in [0.15, 0.2) is 45.7 Å². The number of hydrogen-bond acceptors (Lipinski definition) is 16. The number of phenols is 8. The van der Waals surface area contributed by atoms with Crippen LogP contribution in [0.15, 0.2) is 67.0 Å². The molecule has 6 aromatic rings. The van der Waals surface area contributed by atoms with Crippen molar-refractivity contribution in [1.82, 2.24) is 0 Å². The van der Waals surface area contributed by atoms with Gasteiger partial charge >= 0.3 is 0 Å². The molecule has 0 radical (unpaired) electrons. The normalized spacial score (nSPS) is 13.4. The van der Waals surface area contributed by atoms with Crippen LogP contribution in [0.25, 0.3) is 44.6 Å². The largest absolute Gasteiger partial charge is 0.507 e. The zero-order chi connectivity index (χ0) is 35.8. The van der Waals surface area contributed by atoms with Gasteiger partial charge in [-0.25, -0.2) is 0 Å². The molecule has 1 aliphatic heterocycles. The third kappa shape index (κ3) is 4.76. The molecule has 16 nitrogen and oxygen atoms in total. The first kappa shape index (κ1) is 31.5. The van der Waals surface area contributed by atoms with Crippen molar-refractivity contribution in [3.05, 3.63) is 69.0 Å². The lowest BCUT2D eigenvalue weighted by Crippen LogP contribution is -2.46. The van der Waals surface area contributed by atoms with Crippen LogP contribution in [0.1, 0.15) is 0 Å². The Morgan fingerprint density at radius 1 is 0.440 bits per heavy atom. The average molecular weight is 687 g/mol. The predicted octanol–water partition coefficient (Wildman–Crippen LogP) is 3.62. The molecule has 3 heterocycles. The van der Waals surface area contributed by atoms with Crippen molar-refractivity contribution in [2.24, 2.45) is 0 Å². The van der Waals surface area contributed by atoms with Crippen LogP contribution in [0.3, 0.4) is 0 Å². The van der Waals surface area contributed by atoms with Gasteiger partial charge in [0.2, 0.25) is 22.4 Å². The molecule has 10 N–H and O–H groups in total. The molecule has 0 amide bonds. The second-order valence-corrected chi connectivity index (χ2v) is 11.5. The van der Waals surface area contributed by atoms with Crippen molar-refractivity contribution in [1.29, 1.82) is 0 Å². The lowest BCUT2D eigenvalue weighted by molar-refractivity contribution is 0.403. The molecule has 0 unspecified atom stereocenters. The first-order valence-corrected chi connectivity index (χ1v) is 14.8. The predicted molar refractivity (Wildman–Crippen MR) is 177 cm³/mol. The van der Waals surface area contributed by atoms with E-state index in [4.69, 9.17) is 8.83 Å². The third-order valence-electron chi connectivity index (χ3n) is 8.54. The molecule has 1 aliphatic rings. The van der Waals surface area contributed by atoms with E-state index in [1.165, 1.54) is 12.1 Å². The molecule has 16 heteroatoms.